The largest absolute Gasteiger partial charge is 0.480 e. The summed E-state index contributed by atoms with van der Waals surface area (Å²) in [5.41, 5.74) is 0.740. The number of carbonyl (C=O) groups excluding carboxylic acids is 1. The number of ether oxygens (including phenoxy) is 1. The molecule has 0 saturated carbocycles. The molecule has 0 amide bonds. The predicted octanol–water partition coefficient (Wildman–Crippen LogP) is 1.72. The number of methoxy groups -OCH3 is 1. The number of hydrogen-bond donors (Lipinski definition) is 0. The average Bonchev–Trinajstić information content (AvgIpc) is 2.24. The molecule has 0 N–H and O–H groups in total. The molecule has 0 aliphatic heterocycles. The van der Waals surface area contributed by atoms with Gasteiger partial charge in [-0.2, -0.15) is 0 Å². The van der Waals surface area contributed by atoms with Gasteiger partial charge in [0.25, 0.3) is 0 Å². The maximum atomic E-state index is 10.6. The summed E-state index contributed by atoms with van der Waals surface area (Å²) in [6.45, 7) is 1.52. The Morgan fingerprint density at radius 1 is 1.67 bits per heavy atom. The summed E-state index contributed by atoms with van der Waals surface area (Å²) in [6.07, 6.45) is 1.65. The van der Waals surface area contributed by atoms with Crippen molar-refractivity contribution < 1.29 is 9.53 Å². The highest BCUT2D eigenvalue weighted by Gasteiger charge is 1.98. The Kier molecular flexibility index (Phi) is 4.72. The molecule has 0 saturated heterocycles. The summed E-state index contributed by atoms with van der Waals surface area (Å²) in [6, 6.07) is 3.63. The lowest BCUT2D eigenvalue weighted by molar-refractivity contribution is -0.109. The summed E-state index contributed by atoms with van der Waals surface area (Å²) in [5, 5.41) is 0.0717. The number of carbonyl (C=O) groups is 1. The van der Waals surface area contributed by atoms with E-state index in [1.807, 2.05) is 6.07 Å². The first-order valence-electron chi connectivity index (χ1n) is 4.35. The van der Waals surface area contributed by atoms with Crippen molar-refractivity contribution in [3.05, 3.63) is 23.9 Å². The van der Waals surface area contributed by atoms with Crippen LogP contribution in [0.4, 0.5) is 0 Å². The van der Waals surface area contributed by atoms with Crippen LogP contribution in [0.5, 0.6) is 5.88 Å². The summed E-state index contributed by atoms with van der Waals surface area (Å²) in [4.78, 5) is 14.6. The van der Waals surface area contributed by atoms with Crippen LogP contribution in [0.25, 0.3) is 0 Å². The van der Waals surface area contributed by atoms with Crippen LogP contribution in [0.3, 0.4) is 0 Å². The molecule has 0 radical (unpaired) electrons. The molecule has 0 aromatic carbocycles. The highest BCUT2D eigenvalue weighted by Crippen LogP contribution is 2.11. The standard InChI is InChI=1S/C11H11NO2S/c1-9(13)15-8-4-6-10-5-3-7-12-11(10)14-2/h3,5,7H,8H2,1-2H3. The van der Waals surface area contributed by atoms with Gasteiger partial charge < -0.3 is 4.74 Å². The molecule has 0 bridgehead atoms. The molecule has 0 atom stereocenters. The van der Waals surface area contributed by atoms with Crippen molar-refractivity contribution in [2.24, 2.45) is 0 Å². The summed E-state index contributed by atoms with van der Waals surface area (Å²) in [7, 11) is 1.55. The first-order chi connectivity index (χ1) is 7.24. The van der Waals surface area contributed by atoms with Gasteiger partial charge in [0.1, 0.15) is 0 Å². The van der Waals surface area contributed by atoms with Gasteiger partial charge in [0.15, 0.2) is 5.12 Å². The normalized spacial score (nSPS) is 8.93. The van der Waals surface area contributed by atoms with Crippen molar-refractivity contribution in [1.29, 1.82) is 0 Å². The van der Waals surface area contributed by atoms with Crippen molar-refractivity contribution >= 4 is 16.9 Å². The third-order valence-electron chi connectivity index (χ3n) is 1.54. The zero-order valence-corrected chi connectivity index (χ0v) is 9.43. The highest BCUT2D eigenvalue weighted by molar-refractivity contribution is 8.13. The van der Waals surface area contributed by atoms with Crippen LogP contribution in [-0.2, 0) is 4.79 Å². The van der Waals surface area contributed by atoms with Gasteiger partial charge in [-0.15, -0.1) is 0 Å². The average molecular weight is 221 g/mol. The fourth-order valence-corrected chi connectivity index (χ4v) is 1.27. The molecule has 1 aromatic heterocycles. The first-order valence-corrected chi connectivity index (χ1v) is 5.34. The van der Waals surface area contributed by atoms with Crippen molar-refractivity contribution in [2.75, 3.05) is 12.9 Å². The molecule has 0 spiro atoms. The van der Waals surface area contributed by atoms with Gasteiger partial charge in [-0.1, -0.05) is 23.6 Å². The van der Waals surface area contributed by atoms with E-state index in [4.69, 9.17) is 4.74 Å². The SMILES string of the molecule is COc1ncccc1C#CCSC(C)=O. The van der Waals surface area contributed by atoms with Gasteiger partial charge in [0, 0.05) is 13.1 Å². The van der Waals surface area contributed by atoms with Crippen molar-refractivity contribution in [3.8, 4) is 17.7 Å². The molecular formula is C11H11NO2S. The fraction of sp³-hybridized carbons (Fsp3) is 0.273. The number of aromatic nitrogens is 1. The van der Waals surface area contributed by atoms with Crippen LogP contribution in [0.1, 0.15) is 12.5 Å². The van der Waals surface area contributed by atoms with E-state index >= 15 is 0 Å². The van der Waals surface area contributed by atoms with E-state index < -0.39 is 0 Å². The Morgan fingerprint density at radius 2 is 2.47 bits per heavy atom. The van der Waals surface area contributed by atoms with E-state index in [-0.39, 0.29) is 5.12 Å². The number of rotatable bonds is 2. The first kappa shape index (κ1) is 11.6. The minimum atomic E-state index is 0.0717. The van der Waals surface area contributed by atoms with Crippen LogP contribution in [-0.4, -0.2) is 23.0 Å². The van der Waals surface area contributed by atoms with Crippen molar-refractivity contribution in [1.82, 2.24) is 4.98 Å². The van der Waals surface area contributed by atoms with Gasteiger partial charge in [-0.25, -0.2) is 4.98 Å². The highest BCUT2D eigenvalue weighted by atomic mass is 32.2. The lowest BCUT2D eigenvalue weighted by atomic mass is 10.3. The number of nitrogens with zero attached hydrogens (tertiary/aromatic N) is 1. The maximum Gasteiger partial charge on any atom is 0.229 e. The molecule has 0 aliphatic rings. The van der Waals surface area contributed by atoms with E-state index in [9.17, 15) is 4.79 Å². The van der Waals surface area contributed by atoms with Gasteiger partial charge >= 0.3 is 0 Å². The molecule has 1 rings (SSSR count). The Hall–Kier alpha value is -1.47. The molecular weight excluding hydrogens is 210 g/mol. The van der Waals surface area contributed by atoms with Crippen LogP contribution in [0, 0.1) is 11.8 Å². The predicted molar refractivity (Wildman–Crippen MR) is 60.8 cm³/mol. The van der Waals surface area contributed by atoms with Crippen molar-refractivity contribution in [3.63, 3.8) is 0 Å². The maximum absolute atomic E-state index is 10.6. The number of pyridine rings is 1. The molecule has 0 fully saturated rings. The quantitative estimate of drug-likeness (QED) is 0.713. The Bertz CT molecular complexity index is 407. The van der Waals surface area contributed by atoms with Gasteiger partial charge in [0.2, 0.25) is 5.88 Å². The lowest BCUT2D eigenvalue weighted by Crippen LogP contribution is -1.90. The van der Waals surface area contributed by atoms with E-state index in [0.717, 1.165) is 5.56 Å². The van der Waals surface area contributed by atoms with E-state index in [0.29, 0.717) is 11.6 Å². The minimum Gasteiger partial charge on any atom is -0.480 e. The molecule has 0 unspecified atom stereocenters. The second-order valence-corrected chi connectivity index (χ2v) is 3.79. The van der Waals surface area contributed by atoms with Crippen LogP contribution in [0.2, 0.25) is 0 Å². The fourth-order valence-electron chi connectivity index (χ4n) is 0.918. The number of thioether (sulfide) groups is 1. The second-order valence-electron chi connectivity index (χ2n) is 2.64. The third-order valence-corrected chi connectivity index (χ3v) is 2.23. The van der Waals surface area contributed by atoms with Gasteiger partial charge in [0.05, 0.1) is 18.4 Å². The van der Waals surface area contributed by atoms with Gasteiger partial charge in [-0.3, -0.25) is 4.79 Å². The molecule has 0 aliphatic carbocycles. The lowest BCUT2D eigenvalue weighted by Gasteiger charge is -1.99. The van der Waals surface area contributed by atoms with Crippen molar-refractivity contribution in [2.45, 2.75) is 6.92 Å². The second kappa shape index (κ2) is 6.10. The topological polar surface area (TPSA) is 39.2 Å². The molecule has 3 nitrogen and oxygen atoms in total. The number of hydrogen-bond acceptors (Lipinski definition) is 4. The van der Waals surface area contributed by atoms with E-state index in [1.54, 1.807) is 19.4 Å². The summed E-state index contributed by atoms with van der Waals surface area (Å²) in [5.74, 6) is 6.79. The minimum absolute atomic E-state index is 0.0717. The molecule has 1 aromatic rings. The van der Waals surface area contributed by atoms with Crippen LogP contribution >= 0.6 is 11.8 Å². The third kappa shape index (κ3) is 4.05. The van der Waals surface area contributed by atoms with E-state index in [2.05, 4.69) is 16.8 Å². The zero-order valence-electron chi connectivity index (χ0n) is 8.61. The Morgan fingerprint density at radius 3 is 3.13 bits per heavy atom. The summed E-state index contributed by atoms with van der Waals surface area (Å²) < 4.78 is 5.04. The smallest absolute Gasteiger partial charge is 0.229 e. The van der Waals surface area contributed by atoms with E-state index in [1.165, 1.54) is 18.7 Å². The molecule has 15 heavy (non-hydrogen) atoms. The monoisotopic (exact) mass is 221 g/mol. The summed E-state index contributed by atoms with van der Waals surface area (Å²) >= 11 is 1.19. The van der Waals surface area contributed by atoms with Crippen LogP contribution in [0.15, 0.2) is 18.3 Å². The molecule has 78 valence electrons. The zero-order chi connectivity index (χ0) is 11.1. The Labute approximate surface area is 93.2 Å². The Balaban J connectivity index is 2.66. The van der Waals surface area contributed by atoms with Gasteiger partial charge in [-0.05, 0) is 12.1 Å². The molecule has 4 heteroatoms. The molecule has 1 heterocycles. The van der Waals surface area contributed by atoms with Crippen LogP contribution < -0.4 is 4.74 Å².